The first-order chi connectivity index (χ1) is 13.7. The molecule has 0 aromatic heterocycles. The van der Waals surface area contributed by atoms with Crippen molar-refractivity contribution in [3.63, 3.8) is 0 Å². The number of fused-ring (bicyclic) bond motifs is 1. The number of rotatable bonds is 9. The van der Waals surface area contributed by atoms with Gasteiger partial charge in [0, 0.05) is 39.1 Å². The van der Waals surface area contributed by atoms with Crippen LogP contribution in [0.4, 0.5) is 0 Å². The van der Waals surface area contributed by atoms with E-state index in [2.05, 4.69) is 24.5 Å². The lowest BCUT2D eigenvalue weighted by Crippen LogP contribution is -2.58. The average molecular weight is 413 g/mol. The minimum atomic E-state index is -0.550. The Morgan fingerprint density at radius 3 is 2.48 bits per heavy atom. The van der Waals surface area contributed by atoms with E-state index >= 15 is 0 Å². The SMILES string of the molecule is COCCNC(=O)[C@@H](C)[C@@H]1CC[C@@]2(C)CC[C@H](NC(=O)CCOC)[C@@H](C)[C@@H]2[C@H]1O. The van der Waals surface area contributed by atoms with Crippen molar-refractivity contribution in [1.29, 1.82) is 0 Å². The minimum absolute atomic E-state index is 0.0000382. The molecule has 0 radical (unpaired) electrons. The molecule has 168 valence electrons. The van der Waals surface area contributed by atoms with E-state index in [1.165, 1.54) is 0 Å². The van der Waals surface area contributed by atoms with Crippen molar-refractivity contribution < 1.29 is 24.2 Å². The highest BCUT2D eigenvalue weighted by molar-refractivity contribution is 5.78. The average Bonchev–Trinajstić information content (AvgIpc) is 2.68. The third-order valence-electron chi connectivity index (χ3n) is 7.43. The summed E-state index contributed by atoms with van der Waals surface area (Å²) in [6.07, 6.45) is 3.57. The molecule has 7 nitrogen and oxygen atoms in total. The fourth-order valence-electron chi connectivity index (χ4n) is 5.60. The summed E-state index contributed by atoms with van der Waals surface area (Å²) in [6, 6.07) is 0.0525. The van der Waals surface area contributed by atoms with Crippen LogP contribution >= 0.6 is 0 Å². The van der Waals surface area contributed by atoms with Crippen LogP contribution in [0.15, 0.2) is 0 Å². The highest BCUT2D eigenvalue weighted by Crippen LogP contribution is 2.55. The van der Waals surface area contributed by atoms with Crippen LogP contribution in [-0.2, 0) is 19.1 Å². The third-order valence-corrected chi connectivity index (χ3v) is 7.43. The fraction of sp³-hybridized carbons (Fsp3) is 0.909. The van der Waals surface area contributed by atoms with Gasteiger partial charge in [0.1, 0.15) is 0 Å². The van der Waals surface area contributed by atoms with Crippen LogP contribution in [0.25, 0.3) is 0 Å². The van der Waals surface area contributed by atoms with Gasteiger partial charge >= 0.3 is 0 Å². The largest absolute Gasteiger partial charge is 0.392 e. The van der Waals surface area contributed by atoms with Gasteiger partial charge in [-0.2, -0.15) is 0 Å². The van der Waals surface area contributed by atoms with E-state index in [-0.39, 0.29) is 46.9 Å². The number of ether oxygens (including phenoxy) is 2. The molecule has 0 bridgehead atoms. The fourth-order valence-corrected chi connectivity index (χ4v) is 5.60. The summed E-state index contributed by atoms with van der Waals surface area (Å²) >= 11 is 0. The molecule has 2 amide bonds. The maximum atomic E-state index is 12.5. The summed E-state index contributed by atoms with van der Waals surface area (Å²) in [5.74, 6) is -0.127. The predicted octanol–water partition coefficient (Wildman–Crippen LogP) is 1.73. The summed E-state index contributed by atoms with van der Waals surface area (Å²) in [5, 5.41) is 17.4. The summed E-state index contributed by atoms with van der Waals surface area (Å²) < 4.78 is 10.00. The van der Waals surface area contributed by atoms with Crippen molar-refractivity contribution in [3.8, 4) is 0 Å². The zero-order valence-corrected chi connectivity index (χ0v) is 18.7. The Bertz CT molecular complexity index is 557. The second-order valence-electron chi connectivity index (χ2n) is 9.26. The van der Waals surface area contributed by atoms with E-state index in [4.69, 9.17) is 9.47 Å². The zero-order valence-electron chi connectivity index (χ0n) is 18.7. The molecule has 0 aromatic rings. The lowest BCUT2D eigenvalue weighted by atomic mass is 9.51. The standard InChI is InChI=1S/C22H40N2O5/c1-14(21(27)23-11-13-29-5)16-6-9-22(3)10-7-17(15(2)19(22)20(16)26)24-18(25)8-12-28-4/h14-17,19-20,26H,6-13H2,1-5H3,(H,23,27)(H,24,25)/t14-,15+,16-,17-,19+,20-,22-/m0/s1. The number of carbonyl (C=O) groups is 2. The molecule has 0 aromatic carbocycles. The number of carbonyl (C=O) groups excluding carboxylic acids is 2. The molecule has 29 heavy (non-hydrogen) atoms. The molecule has 2 aliphatic carbocycles. The predicted molar refractivity (Wildman–Crippen MR) is 111 cm³/mol. The Kier molecular flexibility index (Phi) is 8.91. The van der Waals surface area contributed by atoms with Crippen molar-refractivity contribution >= 4 is 11.8 Å². The van der Waals surface area contributed by atoms with Gasteiger partial charge in [-0.3, -0.25) is 9.59 Å². The molecule has 2 rings (SSSR count). The van der Waals surface area contributed by atoms with Crippen LogP contribution in [0, 0.1) is 29.1 Å². The smallest absolute Gasteiger partial charge is 0.223 e. The lowest BCUT2D eigenvalue weighted by Gasteiger charge is -2.56. The maximum Gasteiger partial charge on any atom is 0.223 e. The van der Waals surface area contributed by atoms with Gasteiger partial charge in [0.2, 0.25) is 11.8 Å². The lowest BCUT2D eigenvalue weighted by molar-refractivity contribution is -0.144. The quantitative estimate of drug-likeness (QED) is 0.501. The van der Waals surface area contributed by atoms with Crippen molar-refractivity contribution in [2.24, 2.45) is 29.1 Å². The van der Waals surface area contributed by atoms with Crippen molar-refractivity contribution in [2.75, 3.05) is 34.0 Å². The van der Waals surface area contributed by atoms with Gasteiger partial charge in [-0.05, 0) is 48.9 Å². The number of amides is 2. The molecule has 0 spiro atoms. The number of hydrogen-bond acceptors (Lipinski definition) is 5. The first kappa shape index (κ1) is 24.1. The monoisotopic (exact) mass is 412 g/mol. The van der Waals surface area contributed by atoms with Crippen molar-refractivity contribution in [3.05, 3.63) is 0 Å². The van der Waals surface area contributed by atoms with E-state index in [1.54, 1.807) is 14.2 Å². The molecule has 0 heterocycles. The molecular formula is C22H40N2O5. The number of aliphatic hydroxyl groups excluding tert-OH is 1. The summed E-state index contributed by atoms with van der Waals surface area (Å²) in [6.45, 7) is 7.69. The second-order valence-corrected chi connectivity index (χ2v) is 9.26. The highest BCUT2D eigenvalue weighted by atomic mass is 16.5. The molecule has 7 atom stereocenters. The van der Waals surface area contributed by atoms with Gasteiger partial charge in [-0.15, -0.1) is 0 Å². The van der Waals surface area contributed by atoms with Gasteiger partial charge in [-0.1, -0.05) is 20.8 Å². The van der Waals surface area contributed by atoms with Crippen molar-refractivity contribution in [2.45, 2.75) is 65.0 Å². The summed E-state index contributed by atoms with van der Waals surface area (Å²) in [4.78, 5) is 24.8. The van der Waals surface area contributed by atoms with Crippen LogP contribution in [-0.4, -0.2) is 63.0 Å². The van der Waals surface area contributed by atoms with Crippen LogP contribution in [0.3, 0.4) is 0 Å². The van der Waals surface area contributed by atoms with Gasteiger partial charge < -0.3 is 25.2 Å². The number of hydrogen-bond donors (Lipinski definition) is 3. The zero-order chi connectivity index (χ0) is 21.6. The molecule has 2 aliphatic rings. The normalized spacial score (nSPS) is 35.4. The molecule has 3 N–H and O–H groups in total. The first-order valence-corrected chi connectivity index (χ1v) is 11.0. The molecule has 2 fully saturated rings. The number of nitrogens with one attached hydrogen (secondary N) is 2. The van der Waals surface area contributed by atoms with Gasteiger partial charge in [0.05, 0.1) is 19.3 Å². The molecule has 0 saturated heterocycles. The number of methoxy groups -OCH3 is 2. The second kappa shape index (κ2) is 10.7. The molecule has 7 heteroatoms. The van der Waals surface area contributed by atoms with Crippen LogP contribution in [0.2, 0.25) is 0 Å². The minimum Gasteiger partial charge on any atom is -0.392 e. The van der Waals surface area contributed by atoms with E-state index < -0.39 is 6.10 Å². The van der Waals surface area contributed by atoms with Crippen LogP contribution in [0.1, 0.15) is 52.9 Å². The van der Waals surface area contributed by atoms with E-state index in [0.29, 0.717) is 26.2 Å². The maximum absolute atomic E-state index is 12.5. The summed E-state index contributed by atoms with van der Waals surface area (Å²) in [7, 11) is 3.20. The van der Waals surface area contributed by atoms with Crippen LogP contribution in [0.5, 0.6) is 0 Å². The Hall–Kier alpha value is -1.18. The Labute approximate surface area is 175 Å². The van der Waals surface area contributed by atoms with E-state index in [9.17, 15) is 14.7 Å². The van der Waals surface area contributed by atoms with Crippen molar-refractivity contribution in [1.82, 2.24) is 10.6 Å². The summed E-state index contributed by atoms with van der Waals surface area (Å²) in [5.41, 5.74) is 0.0509. The van der Waals surface area contributed by atoms with Gasteiger partial charge in [0.25, 0.3) is 0 Å². The van der Waals surface area contributed by atoms with E-state index in [1.807, 2.05) is 6.92 Å². The Morgan fingerprint density at radius 1 is 1.17 bits per heavy atom. The topological polar surface area (TPSA) is 96.9 Å². The Morgan fingerprint density at radius 2 is 1.83 bits per heavy atom. The van der Waals surface area contributed by atoms with E-state index in [0.717, 1.165) is 25.7 Å². The van der Waals surface area contributed by atoms with Crippen LogP contribution < -0.4 is 10.6 Å². The Balaban J connectivity index is 2.05. The molecule has 0 aliphatic heterocycles. The first-order valence-electron chi connectivity index (χ1n) is 11.0. The molecular weight excluding hydrogens is 372 g/mol. The van der Waals surface area contributed by atoms with Gasteiger partial charge in [-0.25, -0.2) is 0 Å². The molecule has 2 saturated carbocycles. The number of aliphatic hydroxyl groups is 1. The molecule has 0 unspecified atom stereocenters. The van der Waals surface area contributed by atoms with Gasteiger partial charge in [0.15, 0.2) is 0 Å². The highest BCUT2D eigenvalue weighted by Gasteiger charge is 2.53. The third kappa shape index (κ3) is 5.70.